The van der Waals surface area contributed by atoms with E-state index in [2.05, 4.69) is 22.2 Å². The van der Waals surface area contributed by atoms with Crippen LogP contribution in [0.15, 0.2) is 30.5 Å². The molecule has 2 aromatic rings. The second-order valence-corrected chi connectivity index (χ2v) is 7.67. The van der Waals surface area contributed by atoms with Gasteiger partial charge in [-0.2, -0.15) is 5.10 Å². The van der Waals surface area contributed by atoms with Crippen molar-refractivity contribution in [2.45, 2.75) is 25.8 Å². The zero-order valence-electron chi connectivity index (χ0n) is 15.7. The van der Waals surface area contributed by atoms with E-state index in [4.69, 9.17) is 11.6 Å². The first-order valence-corrected chi connectivity index (χ1v) is 10.1. The van der Waals surface area contributed by atoms with E-state index in [0.29, 0.717) is 16.6 Å². The summed E-state index contributed by atoms with van der Waals surface area (Å²) in [4.78, 5) is 17.7. The van der Waals surface area contributed by atoms with Crippen LogP contribution in [-0.4, -0.2) is 70.8 Å². The summed E-state index contributed by atoms with van der Waals surface area (Å²) in [6, 6.07) is 8.05. The lowest BCUT2D eigenvalue weighted by molar-refractivity contribution is 0.0772. The van der Waals surface area contributed by atoms with E-state index in [1.54, 1.807) is 6.20 Å². The van der Waals surface area contributed by atoms with Crippen LogP contribution in [0.1, 0.15) is 29.4 Å². The molecule has 0 spiro atoms. The summed E-state index contributed by atoms with van der Waals surface area (Å²) in [6.45, 7) is 7.90. The minimum atomic E-state index is 0.0952. The van der Waals surface area contributed by atoms with E-state index in [9.17, 15) is 4.79 Å². The second kappa shape index (κ2) is 8.00. The molecule has 2 saturated heterocycles. The molecule has 1 aromatic heterocycles. The van der Waals surface area contributed by atoms with Gasteiger partial charge in [0.05, 0.1) is 23.1 Å². The summed E-state index contributed by atoms with van der Waals surface area (Å²) in [5, 5.41) is 8.55. The van der Waals surface area contributed by atoms with Crippen LogP contribution in [0, 0.1) is 0 Å². The quantitative estimate of drug-likeness (QED) is 0.873. The van der Waals surface area contributed by atoms with Crippen LogP contribution in [0.4, 0.5) is 0 Å². The molecule has 3 heterocycles. The highest BCUT2D eigenvalue weighted by Crippen LogP contribution is 2.23. The fraction of sp³-hybridized carbons (Fsp3) is 0.500. The number of aromatic nitrogens is 2. The lowest BCUT2D eigenvalue weighted by atomic mass is 10.1. The number of benzene rings is 1. The van der Waals surface area contributed by atoms with E-state index in [0.717, 1.165) is 63.5 Å². The number of amides is 1. The molecule has 1 unspecified atom stereocenters. The largest absolute Gasteiger partial charge is 0.337 e. The third-order valence-electron chi connectivity index (χ3n) is 5.61. The van der Waals surface area contributed by atoms with Gasteiger partial charge in [0.1, 0.15) is 0 Å². The molecule has 0 bridgehead atoms. The van der Waals surface area contributed by atoms with Crippen LogP contribution in [0.5, 0.6) is 0 Å². The third kappa shape index (κ3) is 3.74. The van der Waals surface area contributed by atoms with Crippen molar-refractivity contribution < 1.29 is 4.79 Å². The normalized spacial score (nSPS) is 21.0. The van der Waals surface area contributed by atoms with Gasteiger partial charge in [0.15, 0.2) is 0 Å². The highest BCUT2D eigenvalue weighted by molar-refractivity contribution is 6.30. The number of carbonyl (C=O) groups is 1. The first-order chi connectivity index (χ1) is 13.2. The Morgan fingerprint density at radius 1 is 1.30 bits per heavy atom. The highest BCUT2D eigenvalue weighted by Gasteiger charge is 2.32. The SMILES string of the molecule is CCc1c(C(=O)N2CCC(N3CCNCC3)C2)cnn1-c1cccc(Cl)c1. The molecule has 0 saturated carbocycles. The molecule has 4 rings (SSSR count). The molecule has 2 fully saturated rings. The van der Waals surface area contributed by atoms with Gasteiger partial charge in [-0.05, 0) is 31.0 Å². The standard InChI is InChI=1S/C20H26ClN5O/c1-2-19-18(13-23-26(19)16-5-3-4-15(21)12-16)20(27)25-9-6-17(14-25)24-10-7-22-8-11-24/h3-5,12-13,17,22H,2,6-11,14H2,1H3. The number of nitrogens with zero attached hydrogens (tertiary/aromatic N) is 4. The molecule has 1 N–H and O–H groups in total. The maximum absolute atomic E-state index is 13.2. The van der Waals surface area contributed by atoms with Crippen molar-refractivity contribution in [1.29, 1.82) is 0 Å². The van der Waals surface area contributed by atoms with E-state index >= 15 is 0 Å². The minimum absolute atomic E-state index is 0.0952. The Morgan fingerprint density at radius 2 is 2.11 bits per heavy atom. The molecule has 0 radical (unpaired) electrons. The number of nitrogens with one attached hydrogen (secondary N) is 1. The monoisotopic (exact) mass is 387 g/mol. The first-order valence-electron chi connectivity index (χ1n) is 9.74. The fourth-order valence-corrected chi connectivity index (χ4v) is 4.35. The number of carbonyl (C=O) groups excluding carboxylic acids is 1. The van der Waals surface area contributed by atoms with Crippen molar-refractivity contribution in [1.82, 2.24) is 24.9 Å². The predicted molar refractivity (Wildman–Crippen MR) is 107 cm³/mol. The van der Waals surface area contributed by atoms with Gasteiger partial charge in [-0.1, -0.05) is 24.6 Å². The van der Waals surface area contributed by atoms with Gasteiger partial charge in [-0.3, -0.25) is 9.69 Å². The number of halogens is 1. The molecule has 2 aliphatic heterocycles. The van der Waals surface area contributed by atoms with Crippen LogP contribution >= 0.6 is 11.6 Å². The summed E-state index contributed by atoms with van der Waals surface area (Å²) in [7, 11) is 0. The van der Waals surface area contributed by atoms with Gasteiger partial charge in [-0.15, -0.1) is 0 Å². The molecule has 7 heteroatoms. The molecule has 27 heavy (non-hydrogen) atoms. The Balaban J connectivity index is 1.52. The van der Waals surface area contributed by atoms with Gasteiger partial charge >= 0.3 is 0 Å². The number of rotatable bonds is 4. The average Bonchev–Trinajstić information content (AvgIpc) is 3.35. The van der Waals surface area contributed by atoms with E-state index in [1.807, 2.05) is 33.8 Å². The number of hydrogen-bond donors (Lipinski definition) is 1. The molecule has 144 valence electrons. The first kappa shape index (κ1) is 18.5. The molecule has 1 amide bonds. The zero-order chi connectivity index (χ0) is 18.8. The maximum atomic E-state index is 13.2. The minimum Gasteiger partial charge on any atom is -0.337 e. The molecule has 2 aliphatic rings. The summed E-state index contributed by atoms with van der Waals surface area (Å²) in [6.07, 6.45) is 3.50. The molecule has 1 atom stereocenters. The Kier molecular flexibility index (Phi) is 5.48. The van der Waals surface area contributed by atoms with E-state index in [-0.39, 0.29) is 5.91 Å². The smallest absolute Gasteiger partial charge is 0.257 e. The summed E-state index contributed by atoms with van der Waals surface area (Å²) in [5.74, 6) is 0.0952. The van der Waals surface area contributed by atoms with Crippen molar-refractivity contribution in [2.75, 3.05) is 39.3 Å². The second-order valence-electron chi connectivity index (χ2n) is 7.23. The van der Waals surface area contributed by atoms with Crippen LogP contribution in [0.3, 0.4) is 0 Å². The molecular formula is C20H26ClN5O. The zero-order valence-corrected chi connectivity index (χ0v) is 16.5. The van der Waals surface area contributed by atoms with Crippen molar-refractivity contribution in [2.24, 2.45) is 0 Å². The van der Waals surface area contributed by atoms with Gasteiger partial charge in [0, 0.05) is 50.3 Å². The summed E-state index contributed by atoms with van der Waals surface area (Å²) >= 11 is 6.13. The van der Waals surface area contributed by atoms with Gasteiger partial charge in [0.25, 0.3) is 5.91 Å². The Bertz CT molecular complexity index is 814. The lowest BCUT2D eigenvalue weighted by Gasteiger charge is -2.32. The number of likely N-dealkylation sites (tertiary alicyclic amines) is 1. The third-order valence-corrected chi connectivity index (χ3v) is 5.84. The maximum Gasteiger partial charge on any atom is 0.257 e. The van der Waals surface area contributed by atoms with E-state index < -0.39 is 0 Å². The van der Waals surface area contributed by atoms with Crippen molar-refractivity contribution >= 4 is 17.5 Å². The van der Waals surface area contributed by atoms with E-state index in [1.165, 1.54) is 0 Å². The molecule has 6 nitrogen and oxygen atoms in total. The predicted octanol–water partition coefficient (Wildman–Crippen LogP) is 2.21. The Morgan fingerprint density at radius 3 is 2.85 bits per heavy atom. The Labute approximate surface area is 165 Å². The van der Waals surface area contributed by atoms with Crippen molar-refractivity contribution in [3.63, 3.8) is 0 Å². The number of piperazine rings is 1. The lowest BCUT2D eigenvalue weighted by Crippen LogP contribution is -2.49. The fourth-order valence-electron chi connectivity index (χ4n) is 4.16. The van der Waals surface area contributed by atoms with Gasteiger partial charge in [-0.25, -0.2) is 4.68 Å². The average molecular weight is 388 g/mol. The van der Waals surface area contributed by atoms with Crippen molar-refractivity contribution in [3.05, 3.63) is 46.7 Å². The molecule has 1 aromatic carbocycles. The van der Waals surface area contributed by atoms with Crippen LogP contribution < -0.4 is 5.32 Å². The van der Waals surface area contributed by atoms with Crippen LogP contribution in [-0.2, 0) is 6.42 Å². The molecular weight excluding hydrogens is 362 g/mol. The van der Waals surface area contributed by atoms with Crippen LogP contribution in [0.25, 0.3) is 5.69 Å². The summed E-state index contributed by atoms with van der Waals surface area (Å²) in [5.41, 5.74) is 2.53. The highest BCUT2D eigenvalue weighted by atomic mass is 35.5. The summed E-state index contributed by atoms with van der Waals surface area (Å²) < 4.78 is 1.84. The molecule has 0 aliphatic carbocycles. The van der Waals surface area contributed by atoms with Crippen LogP contribution in [0.2, 0.25) is 5.02 Å². The topological polar surface area (TPSA) is 53.4 Å². The van der Waals surface area contributed by atoms with Crippen molar-refractivity contribution in [3.8, 4) is 5.69 Å². The van der Waals surface area contributed by atoms with Gasteiger partial charge in [0.2, 0.25) is 0 Å². The Hall–Kier alpha value is -1.89. The van der Waals surface area contributed by atoms with Gasteiger partial charge < -0.3 is 10.2 Å². The number of hydrogen-bond acceptors (Lipinski definition) is 4.